The molecule has 1 aliphatic heterocycles. The summed E-state index contributed by atoms with van der Waals surface area (Å²) < 4.78 is 36.3. The predicted molar refractivity (Wildman–Crippen MR) is 71.3 cm³/mol. The Labute approximate surface area is 125 Å². The predicted octanol–water partition coefficient (Wildman–Crippen LogP) is 4.34. The topological polar surface area (TPSA) is 18.8 Å². The second kappa shape index (κ2) is 6.59. The number of unbranched alkanes of at least 4 members (excludes halogenated alkanes) is 3. The van der Waals surface area contributed by atoms with Crippen LogP contribution in [-0.2, 0) is 0 Å². The zero-order valence-electron chi connectivity index (χ0n) is 10.3. The molecule has 1 rings (SSSR count). The van der Waals surface area contributed by atoms with Gasteiger partial charge in [0.25, 0.3) is 0 Å². The van der Waals surface area contributed by atoms with E-state index in [0.717, 1.165) is 19.3 Å². The Balaban J connectivity index is 2.69. The lowest BCUT2D eigenvalue weighted by Gasteiger charge is -2.35. The largest absolute Gasteiger partial charge is 0.487 e. The number of nitrogens with zero attached hydrogens (tertiary/aromatic N) is 3. The van der Waals surface area contributed by atoms with Gasteiger partial charge in [-0.3, -0.25) is 5.01 Å². The Kier molecular flexibility index (Phi) is 5.89. The first-order valence-electron chi connectivity index (χ1n) is 5.90. The normalized spacial score (nSPS) is 20.5. The van der Waals surface area contributed by atoms with Gasteiger partial charge in [-0.15, -0.1) is 13.2 Å². The summed E-state index contributed by atoms with van der Waals surface area (Å²) in [6.07, 6.45) is -1.78. The zero-order valence-corrected chi connectivity index (χ0v) is 12.6. The maximum Gasteiger partial charge on any atom is 0.487 e. The molecular weight excluding hydrogens is 325 g/mol. The molecule has 1 atom stereocenters. The van der Waals surface area contributed by atoms with Gasteiger partial charge in [0.15, 0.2) is 6.17 Å². The Morgan fingerprint density at radius 3 is 2.26 bits per heavy atom. The molecular formula is C10H15Cl3F3N3. The molecule has 0 fully saturated rings. The maximum atomic E-state index is 12.8. The van der Waals surface area contributed by atoms with Crippen LogP contribution in [-0.4, -0.2) is 39.1 Å². The molecule has 0 radical (unpaired) electrons. The van der Waals surface area contributed by atoms with Crippen molar-refractivity contribution < 1.29 is 13.2 Å². The zero-order chi connectivity index (χ0) is 14.7. The first-order chi connectivity index (χ1) is 8.68. The van der Waals surface area contributed by atoms with Crippen molar-refractivity contribution in [3.8, 4) is 0 Å². The molecule has 0 aromatic rings. The Hall–Kier alpha value is -0.0700. The SMILES string of the molecule is CCCCCCN1N=CN(C(F)(F)F)C1C(Cl)(Cl)Cl. The molecule has 9 heteroatoms. The lowest BCUT2D eigenvalue weighted by molar-refractivity contribution is -0.234. The van der Waals surface area contributed by atoms with Crippen molar-refractivity contribution in [3.05, 3.63) is 0 Å². The molecule has 0 aromatic carbocycles. The number of hydrazone groups is 1. The van der Waals surface area contributed by atoms with E-state index < -0.39 is 16.3 Å². The van der Waals surface area contributed by atoms with Crippen LogP contribution in [0, 0.1) is 0 Å². The summed E-state index contributed by atoms with van der Waals surface area (Å²) in [5.41, 5.74) is 0. The summed E-state index contributed by atoms with van der Waals surface area (Å²) in [6.45, 7) is 2.37. The van der Waals surface area contributed by atoms with Crippen LogP contribution < -0.4 is 0 Å². The number of alkyl halides is 6. The van der Waals surface area contributed by atoms with Crippen molar-refractivity contribution in [3.63, 3.8) is 0 Å². The van der Waals surface area contributed by atoms with E-state index in [2.05, 4.69) is 5.10 Å². The third-order valence-electron chi connectivity index (χ3n) is 2.70. The van der Waals surface area contributed by atoms with Crippen molar-refractivity contribution in [2.75, 3.05) is 6.54 Å². The fourth-order valence-electron chi connectivity index (χ4n) is 1.80. The van der Waals surface area contributed by atoms with Crippen LogP contribution in [0.1, 0.15) is 32.6 Å². The van der Waals surface area contributed by atoms with Gasteiger partial charge < -0.3 is 0 Å². The number of hydrogen-bond donors (Lipinski definition) is 0. The summed E-state index contributed by atoms with van der Waals surface area (Å²) in [6, 6.07) is 0. The molecule has 0 saturated carbocycles. The monoisotopic (exact) mass is 339 g/mol. The van der Waals surface area contributed by atoms with E-state index in [1.165, 1.54) is 5.01 Å². The second-order valence-electron chi connectivity index (χ2n) is 4.25. The standard InChI is InChI=1S/C10H15Cl3F3N3/c1-2-3-4-5-6-19-8(9(11,12)13)18(7-17-19)10(14,15)16/h7-8H,2-6H2,1H3. The first kappa shape index (κ1) is 17.0. The minimum atomic E-state index is -4.63. The first-order valence-corrected chi connectivity index (χ1v) is 7.04. The van der Waals surface area contributed by atoms with E-state index in [1.54, 1.807) is 0 Å². The van der Waals surface area contributed by atoms with Crippen molar-refractivity contribution >= 4 is 41.1 Å². The molecule has 0 aliphatic carbocycles. The molecule has 0 amide bonds. The van der Waals surface area contributed by atoms with Gasteiger partial charge in [-0.2, -0.15) is 5.10 Å². The lowest BCUT2D eigenvalue weighted by atomic mass is 10.2. The molecule has 0 saturated heterocycles. The van der Waals surface area contributed by atoms with Crippen molar-refractivity contribution in [1.29, 1.82) is 0 Å². The van der Waals surface area contributed by atoms with E-state index in [1.807, 2.05) is 6.92 Å². The lowest BCUT2D eigenvalue weighted by Crippen LogP contribution is -2.54. The minimum absolute atomic E-state index is 0.0137. The van der Waals surface area contributed by atoms with Crippen LogP contribution in [0.3, 0.4) is 0 Å². The van der Waals surface area contributed by atoms with Crippen molar-refractivity contribution in [1.82, 2.24) is 9.91 Å². The van der Waals surface area contributed by atoms with E-state index in [-0.39, 0.29) is 4.90 Å². The minimum Gasteiger partial charge on any atom is -0.268 e. The number of hydrogen-bond acceptors (Lipinski definition) is 3. The highest BCUT2D eigenvalue weighted by Gasteiger charge is 2.53. The molecule has 0 N–H and O–H groups in total. The summed E-state index contributed by atoms with van der Waals surface area (Å²) >= 11 is 16.9. The maximum absolute atomic E-state index is 12.8. The van der Waals surface area contributed by atoms with Crippen LogP contribution in [0.15, 0.2) is 5.10 Å². The summed E-state index contributed by atoms with van der Waals surface area (Å²) in [5, 5.41) is 4.87. The number of halogens is 6. The van der Waals surface area contributed by atoms with Crippen molar-refractivity contribution in [2.24, 2.45) is 5.10 Å². The third kappa shape index (κ3) is 4.76. The highest BCUT2D eigenvalue weighted by atomic mass is 35.6. The highest BCUT2D eigenvalue weighted by molar-refractivity contribution is 6.68. The summed E-state index contributed by atoms with van der Waals surface area (Å²) in [5.74, 6) is 0. The van der Waals surface area contributed by atoms with Gasteiger partial charge in [-0.05, 0) is 6.42 Å². The van der Waals surface area contributed by atoms with Gasteiger partial charge in [0.1, 0.15) is 6.34 Å². The summed E-state index contributed by atoms with van der Waals surface area (Å²) in [7, 11) is 0. The average Bonchev–Trinajstić information content (AvgIpc) is 2.67. The van der Waals surface area contributed by atoms with E-state index in [4.69, 9.17) is 34.8 Å². The average molecular weight is 341 g/mol. The molecule has 19 heavy (non-hydrogen) atoms. The van der Waals surface area contributed by atoms with Crippen molar-refractivity contribution in [2.45, 2.75) is 48.9 Å². The smallest absolute Gasteiger partial charge is 0.268 e. The Bertz CT molecular complexity index is 317. The van der Waals surface area contributed by atoms with E-state index in [0.29, 0.717) is 19.3 Å². The molecule has 112 valence electrons. The van der Waals surface area contributed by atoms with Crippen LogP contribution in [0.25, 0.3) is 0 Å². The Morgan fingerprint density at radius 2 is 1.79 bits per heavy atom. The molecule has 1 heterocycles. The fraction of sp³-hybridized carbons (Fsp3) is 0.900. The molecule has 0 aromatic heterocycles. The van der Waals surface area contributed by atoms with Gasteiger partial charge >= 0.3 is 6.30 Å². The van der Waals surface area contributed by atoms with Gasteiger partial charge in [0, 0.05) is 6.54 Å². The van der Waals surface area contributed by atoms with Crippen LogP contribution >= 0.6 is 34.8 Å². The molecule has 3 nitrogen and oxygen atoms in total. The second-order valence-corrected chi connectivity index (χ2v) is 6.61. The summed E-state index contributed by atoms with van der Waals surface area (Å²) in [4.78, 5) is 0.0137. The van der Waals surface area contributed by atoms with Crippen LogP contribution in [0.2, 0.25) is 0 Å². The third-order valence-corrected chi connectivity index (χ3v) is 3.28. The molecule has 1 aliphatic rings. The molecule has 0 bridgehead atoms. The van der Waals surface area contributed by atoms with Gasteiger partial charge in [0.2, 0.25) is 3.79 Å². The quantitative estimate of drug-likeness (QED) is 0.421. The van der Waals surface area contributed by atoms with Crippen LogP contribution in [0.5, 0.6) is 0 Å². The fourth-order valence-corrected chi connectivity index (χ4v) is 2.46. The van der Waals surface area contributed by atoms with Gasteiger partial charge in [0.05, 0.1) is 0 Å². The Morgan fingerprint density at radius 1 is 1.16 bits per heavy atom. The molecule has 1 unspecified atom stereocenters. The van der Waals surface area contributed by atoms with Gasteiger partial charge in [-0.25, -0.2) is 4.90 Å². The molecule has 0 spiro atoms. The highest BCUT2D eigenvalue weighted by Crippen LogP contribution is 2.41. The van der Waals surface area contributed by atoms with Crippen LogP contribution in [0.4, 0.5) is 13.2 Å². The van der Waals surface area contributed by atoms with E-state index >= 15 is 0 Å². The van der Waals surface area contributed by atoms with Gasteiger partial charge in [-0.1, -0.05) is 61.0 Å². The van der Waals surface area contributed by atoms with E-state index in [9.17, 15) is 13.2 Å². The number of rotatable bonds is 5.